The lowest BCUT2D eigenvalue weighted by molar-refractivity contribution is -0.152. The quantitative estimate of drug-likeness (QED) is 0.376. The van der Waals surface area contributed by atoms with Crippen LogP contribution in [0.1, 0.15) is 69.5 Å². The Balaban J connectivity index is 1.90. The van der Waals surface area contributed by atoms with E-state index in [1.54, 1.807) is 19.1 Å². The van der Waals surface area contributed by atoms with Gasteiger partial charge in [0.15, 0.2) is 0 Å². The minimum atomic E-state index is -4.39. The minimum Gasteiger partial charge on any atom is -0.462 e. The van der Waals surface area contributed by atoms with Crippen LogP contribution in [0.25, 0.3) is 0 Å². The molecule has 2 aliphatic heterocycles. The highest BCUT2D eigenvalue weighted by Gasteiger charge is 2.37. The van der Waals surface area contributed by atoms with E-state index in [9.17, 15) is 18.0 Å². The third-order valence-corrected chi connectivity index (χ3v) is 6.56. The molecule has 186 valence electrons. The lowest BCUT2D eigenvalue weighted by Gasteiger charge is -2.43. The number of piperidine rings is 1. The standard InChI is InChI=1S/C27H34F3NO3/c1-4-26(32)34-24-11-14-31(23(10-5-19(2)3)17-20-12-15-33-16-13-20)25(18-24)21-6-8-22(9-7-21)27(28,29)30/h6-9,20,23-25H,2,4,11-18H2,1,3H3/t23-,24-,25+/m1/s1. The average Bonchev–Trinajstić information content (AvgIpc) is 2.82. The molecule has 1 aromatic rings. The van der Waals surface area contributed by atoms with Crippen molar-refractivity contribution in [2.45, 2.75) is 76.7 Å². The summed E-state index contributed by atoms with van der Waals surface area (Å²) >= 11 is 0. The Bertz CT molecular complexity index is 894. The number of nitrogens with zero attached hydrogens (tertiary/aromatic N) is 1. The third-order valence-electron chi connectivity index (χ3n) is 6.56. The number of alkyl halides is 3. The molecule has 0 radical (unpaired) electrons. The maximum atomic E-state index is 13.1. The molecule has 3 rings (SSSR count). The number of halogens is 3. The van der Waals surface area contributed by atoms with Crippen molar-refractivity contribution in [1.82, 2.24) is 4.90 Å². The molecule has 0 amide bonds. The summed E-state index contributed by atoms with van der Waals surface area (Å²) in [6.07, 6.45) is -0.363. The fourth-order valence-electron chi connectivity index (χ4n) is 4.70. The maximum absolute atomic E-state index is 13.1. The molecule has 0 aromatic heterocycles. The van der Waals surface area contributed by atoms with Crippen LogP contribution >= 0.6 is 0 Å². The monoisotopic (exact) mass is 477 g/mol. The van der Waals surface area contributed by atoms with Gasteiger partial charge in [0.2, 0.25) is 0 Å². The molecule has 7 heteroatoms. The first-order chi connectivity index (χ1) is 16.2. The van der Waals surface area contributed by atoms with Crippen molar-refractivity contribution < 1.29 is 27.4 Å². The van der Waals surface area contributed by atoms with Crippen molar-refractivity contribution in [1.29, 1.82) is 0 Å². The van der Waals surface area contributed by atoms with Crippen molar-refractivity contribution in [3.8, 4) is 11.8 Å². The highest BCUT2D eigenvalue weighted by molar-refractivity contribution is 5.69. The van der Waals surface area contributed by atoms with Crippen molar-refractivity contribution in [2.24, 2.45) is 5.92 Å². The van der Waals surface area contributed by atoms with E-state index in [4.69, 9.17) is 9.47 Å². The van der Waals surface area contributed by atoms with E-state index in [-0.39, 0.29) is 24.2 Å². The zero-order valence-corrected chi connectivity index (χ0v) is 20.0. The molecular weight excluding hydrogens is 443 g/mol. The van der Waals surface area contributed by atoms with E-state index >= 15 is 0 Å². The van der Waals surface area contributed by atoms with Gasteiger partial charge in [0.25, 0.3) is 0 Å². The van der Waals surface area contributed by atoms with Crippen LogP contribution in [0, 0.1) is 17.8 Å². The van der Waals surface area contributed by atoms with Crippen LogP contribution < -0.4 is 0 Å². The summed E-state index contributed by atoms with van der Waals surface area (Å²) in [5.41, 5.74) is 0.877. The Morgan fingerprint density at radius 1 is 1.24 bits per heavy atom. The molecule has 0 bridgehead atoms. The lowest BCUT2D eigenvalue weighted by Crippen LogP contribution is -2.46. The number of esters is 1. The number of carbonyl (C=O) groups is 1. The minimum absolute atomic E-state index is 0.0741. The van der Waals surface area contributed by atoms with Crippen molar-refractivity contribution in [2.75, 3.05) is 19.8 Å². The molecular formula is C27H34F3NO3. The van der Waals surface area contributed by atoms with E-state index in [0.29, 0.717) is 31.7 Å². The summed E-state index contributed by atoms with van der Waals surface area (Å²) in [7, 11) is 0. The average molecular weight is 478 g/mol. The predicted octanol–water partition coefficient (Wildman–Crippen LogP) is 5.93. The molecule has 0 N–H and O–H groups in total. The van der Waals surface area contributed by atoms with Gasteiger partial charge in [-0.1, -0.05) is 37.5 Å². The van der Waals surface area contributed by atoms with Gasteiger partial charge in [-0.05, 0) is 61.8 Å². The zero-order valence-electron chi connectivity index (χ0n) is 20.0. The second-order valence-corrected chi connectivity index (χ2v) is 9.22. The van der Waals surface area contributed by atoms with Gasteiger partial charge < -0.3 is 9.47 Å². The highest BCUT2D eigenvalue weighted by atomic mass is 19.4. The third kappa shape index (κ3) is 7.35. The van der Waals surface area contributed by atoms with Gasteiger partial charge in [0.1, 0.15) is 6.10 Å². The van der Waals surface area contributed by atoms with E-state index in [2.05, 4.69) is 23.3 Å². The van der Waals surface area contributed by atoms with Crippen molar-refractivity contribution >= 4 is 5.97 Å². The molecule has 2 aliphatic rings. The van der Waals surface area contributed by atoms with Crippen LogP contribution in [0.3, 0.4) is 0 Å². The molecule has 0 aliphatic carbocycles. The summed E-state index contributed by atoms with van der Waals surface area (Å²) in [5, 5.41) is 0. The van der Waals surface area contributed by atoms with Crippen LogP contribution in [0.5, 0.6) is 0 Å². The molecule has 2 heterocycles. The maximum Gasteiger partial charge on any atom is 0.416 e. The lowest BCUT2D eigenvalue weighted by atomic mass is 9.87. The Morgan fingerprint density at radius 3 is 2.50 bits per heavy atom. The van der Waals surface area contributed by atoms with Gasteiger partial charge >= 0.3 is 12.1 Å². The second kappa shape index (κ2) is 11.9. The smallest absolute Gasteiger partial charge is 0.416 e. The Labute approximate surface area is 200 Å². The number of benzene rings is 1. The van der Waals surface area contributed by atoms with E-state index < -0.39 is 11.7 Å². The van der Waals surface area contributed by atoms with Crippen LogP contribution in [0.15, 0.2) is 36.4 Å². The molecule has 4 nitrogen and oxygen atoms in total. The molecule has 1 aromatic carbocycles. The topological polar surface area (TPSA) is 38.8 Å². The number of likely N-dealkylation sites (tertiary alicyclic amines) is 1. The van der Waals surface area contributed by atoms with Crippen LogP contribution in [0.4, 0.5) is 13.2 Å². The largest absolute Gasteiger partial charge is 0.462 e. The summed E-state index contributed by atoms with van der Waals surface area (Å²) in [5.74, 6) is 6.74. The number of rotatable bonds is 6. The Morgan fingerprint density at radius 2 is 1.91 bits per heavy atom. The molecule has 2 saturated heterocycles. The molecule has 3 atom stereocenters. The van der Waals surface area contributed by atoms with Gasteiger partial charge in [0, 0.05) is 38.6 Å². The van der Waals surface area contributed by atoms with Crippen LogP contribution in [-0.4, -0.2) is 42.8 Å². The number of allylic oxidation sites excluding steroid dienone is 1. The first-order valence-electron chi connectivity index (χ1n) is 12.0. The van der Waals surface area contributed by atoms with Gasteiger partial charge in [0.05, 0.1) is 11.6 Å². The zero-order chi connectivity index (χ0) is 24.7. The first-order valence-corrected chi connectivity index (χ1v) is 12.0. The summed E-state index contributed by atoms with van der Waals surface area (Å²) < 4.78 is 50.6. The Hall–Kier alpha value is -2.30. The number of hydrogen-bond acceptors (Lipinski definition) is 4. The summed E-state index contributed by atoms with van der Waals surface area (Å²) in [4.78, 5) is 14.2. The van der Waals surface area contributed by atoms with Crippen molar-refractivity contribution in [3.05, 3.63) is 47.5 Å². The van der Waals surface area contributed by atoms with Crippen molar-refractivity contribution in [3.63, 3.8) is 0 Å². The van der Waals surface area contributed by atoms with E-state index in [1.807, 2.05) is 6.92 Å². The molecule has 34 heavy (non-hydrogen) atoms. The summed E-state index contributed by atoms with van der Waals surface area (Å²) in [6.45, 7) is 9.64. The normalized spacial score (nSPS) is 23.0. The summed E-state index contributed by atoms with van der Waals surface area (Å²) in [6, 6.07) is 5.07. The molecule has 0 unspecified atom stereocenters. The second-order valence-electron chi connectivity index (χ2n) is 9.22. The number of hydrogen-bond donors (Lipinski definition) is 0. The molecule has 0 saturated carbocycles. The number of ether oxygens (including phenoxy) is 2. The van der Waals surface area contributed by atoms with Gasteiger partial charge in [-0.15, -0.1) is 0 Å². The number of carbonyl (C=O) groups excluding carboxylic acids is 1. The van der Waals surface area contributed by atoms with Gasteiger partial charge in [-0.3, -0.25) is 9.69 Å². The van der Waals surface area contributed by atoms with Crippen LogP contribution in [-0.2, 0) is 20.4 Å². The van der Waals surface area contributed by atoms with E-state index in [0.717, 1.165) is 55.7 Å². The predicted molar refractivity (Wildman–Crippen MR) is 125 cm³/mol. The highest BCUT2D eigenvalue weighted by Crippen LogP contribution is 2.38. The fraction of sp³-hybridized carbons (Fsp3) is 0.593. The fourth-order valence-corrected chi connectivity index (χ4v) is 4.70. The first kappa shape index (κ1) is 26.3. The molecule has 2 fully saturated rings. The Kier molecular flexibility index (Phi) is 9.21. The van der Waals surface area contributed by atoms with Crippen LogP contribution in [0.2, 0.25) is 0 Å². The van der Waals surface area contributed by atoms with E-state index in [1.165, 1.54) is 0 Å². The van der Waals surface area contributed by atoms with Gasteiger partial charge in [-0.2, -0.15) is 13.2 Å². The SMILES string of the molecule is C=C(C)C#C[C@H](CC1CCOCC1)N1CC[C@@H](OC(=O)CC)C[C@H]1c1ccc(C(F)(F)F)cc1. The molecule has 0 spiro atoms. The van der Waals surface area contributed by atoms with Gasteiger partial charge in [-0.25, -0.2) is 0 Å².